The predicted octanol–water partition coefficient (Wildman–Crippen LogP) is 2.88. The van der Waals surface area contributed by atoms with Gasteiger partial charge in [-0.15, -0.1) is 24.0 Å². The minimum atomic E-state index is 0. The summed E-state index contributed by atoms with van der Waals surface area (Å²) in [5.41, 5.74) is 1.19. The molecule has 1 aromatic carbocycles. The Bertz CT molecular complexity index is 565. The number of fused-ring (bicyclic) bond motifs is 1. The lowest BCUT2D eigenvalue weighted by Crippen LogP contribution is -2.41. The van der Waals surface area contributed by atoms with Crippen LogP contribution in [0.2, 0.25) is 0 Å². The van der Waals surface area contributed by atoms with Crippen LogP contribution in [0.5, 0.6) is 5.75 Å². The van der Waals surface area contributed by atoms with E-state index in [1.165, 1.54) is 5.56 Å². The van der Waals surface area contributed by atoms with Gasteiger partial charge in [0.2, 0.25) is 0 Å². The Morgan fingerprint density at radius 1 is 1.19 bits per heavy atom. The van der Waals surface area contributed by atoms with E-state index in [2.05, 4.69) is 21.7 Å². The van der Waals surface area contributed by atoms with Crippen LogP contribution in [0.25, 0.3) is 0 Å². The highest BCUT2D eigenvalue weighted by atomic mass is 127. The van der Waals surface area contributed by atoms with Crippen LogP contribution in [0.1, 0.15) is 37.3 Å². The number of ether oxygens (including phenoxy) is 3. The first kappa shape index (κ1) is 21.2. The Hall–Kier alpha value is -1.06. The third-order valence-electron chi connectivity index (χ3n) is 4.63. The summed E-state index contributed by atoms with van der Waals surface area (Å²) in [4.78, 5) is 4.34. The molecule has 0 amide bonds. The molecule has 2 N–H and O–H groups in total. The molecule has 3 rings (SSSR count). The molecule has 146 valence electrons. The van der Waals surface area contributed by atoms with Gasteiger partial charge in [-0.25, -0.2) is 0 Å². The fourth-order valence-electron chi connectivity index (χ4n) is 3.22. The molecule has 1 aromatic rings. The fraction of sp³-hybridized carbons (Fsp3) is 0.632. The van der Waals surface area contributed by atoms with Crippen molar-refractivity contribution in [2.45, 2.75) is 37.8 Å². The summed E-state index contributed by atoms with van der Waals surface area (Å²) in [5.74, 6) is 1.79. The zero-order chi connectivity index (χ0) is 17.3. The molecule has 7 heteroatoms. The van der Waals surface area contributed by atoms with Crippen LogP contribution in [-0.4, -0.2) is 52.1 Å². The monoisotopic (exact) mass is 475 g/mol. The minimum absolute atomic E-state index is 0. The van der Waals surface area contributed by atoms with Crippen molar-refractivity contribution in [2.24, 2.45) is 4.99 Å². The number of nitrogens with one attached hydrogen (secondary N) is 2. The Labute approximate surface area is 173 Å². The van der Waals surface area contributed by atoms with E-state index in [0.29, 0.717) is 6.10 Å². The van der Waals surface area contributed by atoms with Crippen LogP contribution < -0.4 is 15.4 Å². The van der Waals surface area contributed by atoms with Crippen molar-refractivity contribution in [3.63, 3.8) is 0 Å². The first-order valence-corrected chi connectivity index (χ1v) is 9.25. The number of guanidine groups is 1. The topological polar surface area (TPSA) is 64.1 Å². The van der Waals surface area contributed by atoms with Crippen molar-refractivity contribution in [1.82, 2.24) is 10.6 Å². The average molecular weight is 475 g/mol. The first-order chi connectivity index (χ1) is 12.4. The lowest BCUT2D eigenvalue weighted by molar-refractivity contribution is -0.0320. The van der Waals surface area contributed by atoms with Crippen LogP contribution in [-0.2, 0) is 9.47 Å². The van der Waals surface area contributed by atoms with E-state index in [4.69, 9.17) is 14.2 Å². The van der Waals surface area contributed by atoms with Crippen molar-refractivity contribution in [3.05, 3.63) is 29.8 Å². The van der Waals surface area contributed by atoms with E-state index in [1.807, 2.05) is 18.2 Å². The first-order valence-electron chi connectivity index (χ1n) is 9.25. The SMILES string of the molecule is CN=C(NCCCOC1CCOCC1)NC1CCOc2ccccc21.I. The summed E-state index contributed by atoms with van der Waals surface area (Å²) < 4.78 is 17.0. The van der Waals surface area contributed by atoms with E-state index in [0.717, 1.165) is 70.4 Å². The molecule has 2 aliphatic heterocycles. The van der Waals surface area contributed by atoms with E-state index in [1.54, 1.807) is 7.05 Å². The van der Waals surface area contributed by atoms with Gasteiger partial charge in [0.05, 0.1) is 18.8 Å². The molecule has 0 spiro atoms. The van der Waals surface area contributed by atoms with Crippen molar-refractivity contribution >= 4 is 29.9 Å². The van der Waals surface area contributed by atoms with Crippen molar-refractivity contribution < 1.29 is 14.2 Å². The van der Waals surface area contributed by atoms with Crippen molar-refractivity contribution in [1.29, 1.82) is 0 Å². The van der Waals surface area contributed by atoms with Crippen LogP contribution in [0.4, 0.5) is 0 Å². The second-order valence-corrected chi connectivity index (χ2v) is 6.41. The highest BCUT2D eigenvalue weighted by molar-refractivity contribution is 14.0. The van der Waals surface area contributed by atoms with E-state index in [9.17, 15) is 0 Å². The molecule has 2 heterocycles. The Morgan fingerprint density at radius 3 is 2.81 bits per heavy atom. The highest BCUT2D eigenvalue weighted by Crippen LogP contribution is 2.31. The van der Waals surface area contributed by atoms with Crippen molar-refractivity contribution in [2.75, 3.05) is 40.0 Å². The maximum Gasteiger partial charge on any atom is 0.191 e. The molecule has 1 unspecified atom stereocenters. The molecule has 0 aromatic heterocycles. The number of hydrogen-bond donors (Lipinski definition) is 2. The summed E-state index contributed by atoms with van der Waals surface area (Å²) in [5, 5.41) is 6.88. The second-order valence-electron chi connectivity index (χ2n) is 6.41. The highest BCUT2D eigenvalue weighted by Gasteiger charge is 2.21. The van der Waals surface area contributed by atoms with E-state index < -0.39 is 0 Å². The molecule has 1 saturated heterocycles. The quantitative estimate of drug-likeness (QED) is 0.287. The van der Waals surface area contributed by atoms with Gasteiger partial charge in [-0.1, -0.05) is 18.2 Å². The molecule has 1 atom stereocenters. The maximum absolute atomic E-state index is 5.90. The lowest BCUT2D eigenvalue weighted by atomic mass is 10.0. The van der Waals surface area contributed by atoms with Gasteiger partial charge >= 0.3 is 0 Å². The van der Waals surface area contributed by atoms with Gasteiger partial charge in [-0.2, -0.15) is 0 Å². The maximum atomic E-state index is 5.90. The molecule has 0 radical (unpaired) electrons. The van der Waals surface area contributed by atoms with E-state index in [-0.39, 0.29) is 30.0 Å². The van der Waals surface area contributed by atoms with Gasteiger partial charge in [0.15, 0.2) is 5.96 Å². The number of aliphatic imine (C=N–C) groups is 1. The summed E-state index contributed by atoms with van der Waals surface area (Å²) >= 11 is 0. The molecule has 0 bridgehead atoms. The fourth-order valence-corrected chi connectivity index (χ4v) is 3.22. The predicted molar refractivity (Wildman–Crippen MR) is 114 cm³/mol. The van der Waals surface area contributed by atoms with Gasteiger partial charge < -0.3 is 24.8 Å². The van der Waals surface area contributed by atoms with Gasteiger partial charge in [-0.05, 0) is 25.3 Å². The Kier molecular flexibility index (Phi) is 9.49. The minimum Gasteiger partial charge on any atom is -0.493 e. The smallest absolute Gasteiger partial charge is 0.191 e. The molecular weight excluding hydrogens is 445 g/mol. The normalized spacial score (nSPS) is 20.5. The average Bonchev–Trinajstić information content (AvgIpc) is 2.68. The lowest BCUT2D eigenvalue weighted by Gasteiger charge is -2.28. The number of nitrogens with zero attached hydrogens (tertiary/aromatic N) is 1. The molecule has 1 fully saturated rings. The second kappa shape index (κ2) is 11.6. The number of para-hydroxylation sites is 1. The summed E-state index contributed by atoms with van der Waals surface area (Å²) in [6, 6.07) is 8.42. The van der Waals surface area contributed by atoms with Crippen LogP contribution in [0.3, 0.4) is 0 Å². The number of hydrogen-bond acceptors (Lipinski definition) is 4. The van der Waals surface area contributed by atoms with Crippen molar-refractivity contribution in [3.8, 4) is 5.75 Å². The molecule has 2 aliphatic rings. The number of halogens is 1. The summed E-state index contributed by atoms with van der Waals surface area (Å²) in [6.45, 7) is 3.99. The zero-order valence-corrected chi connectivity index (χ0v) is 17.7. The van der Waals surface area contributed by atoms with Gasteiger partial charge in [0.25, 0.3) is 0 Å². The molecule has 0 aliphatic carbocycles. The molecule has 0 saturated carbocycles. The third kappa shape index (κ3) is 6.28. The van der Waals surface area contributed by atoms with Gasteiger partial charge in [-0.3, -0.25) is 4.99 Å². The largest absolute Gasteiger partial charge is 0.493 e. The van der Waals surface area contributed by atoms with Gasteiger partial charge in [0.1, 0.15) is 5.75 Å². The molecule has 6 nitrogen and oxygen atoms in total. The standard InChI is InChI=1S/C19H29N3O3.HI/c1-20-19(21-10-4-11-24-15-7-12-23-13-8-15)22-17-9-14-25-18-6-3-2-5-16(17)18;/h2-3,5-6,15,17H,4,7-14H2,1H3,(H2,20,21,22);1H. The summed E-state index contributed by atoms with van der Waals surface area (Å²) in [7, 11) is 1.80. The molecular formula is C19H30IN3O3. The van der Waals surface area contributed by atoms with Crippen LogP contribution in [0, 0.1) is 0 Å². The zero-order valence-electron chi connectivity index (χ0n) is 15.4. The Balaban J connectivity index is 0.00000243. The Morgan fingerprint density at radius 2 is 2.00 bits per heavy atom. The van der Waals surface area contributed by atoms with Crippen LogP contribution in [0.15, 0.2) is 29.3 Å². The third-order valence-corrected chi connectivity index (χ3v) is 4.63. The van der Waals surface area contributed by atoms with Crippen LogP contribution >= 0.6 is 24.0 Å². The van der Waals surface area contributed by atoms with Gasteiger partial charge in [0, 0.05) is 45.4 Å². The molecule has 26 heavy (non-hydrogen) atoms. The number of benzene rings is 1. The van der Waals surface area contributed by atoms with E-state index >= 15 is 0 Å². The number of rotatable bonds is 6. The summed E-state index contributed by atoms with van der Waals surface area (Å²) in [6.07, 6.45) is 4.29.